The molecule has 1 N–H and O–H groups in total. The molecule has 0 spiro atoms. The van der Waals surface area contributed by atoms with E-state index in [1.807, 2.05) is 0 Å². The van der Waals surface area contributed by atoms with Crippen molar-refractivity contribution < 1.29 is 17.5 Å². The first-order valence-electron chi connectivity index (χ1n) is 6.27. The second-order valence-corrected chi connectivity index (χ2v) is 6.33. The molecular weight excluding hydrogens is 293 g/mol. The van der Waals surface area contributed by atoms with E-state index in [2.05, 4.69) is 4.72 Å². The van der Waals surface area contributed by atoms with E-state index in [0.717, 1.165) is 6.07 Å². The van der Waals surface area contributed by atoms with Crippen molar-refractivity contribution in [2.75, 3.05) is 11.8 Å². The lowest BCUT2D eigenvalue weighted by molar-refractivity contribution is 0.413. The second kappa shape index (κ2) is 5.73. The summed E-state index contributed by atoms with van der Waals surface area (Å²) < 4.78 is 45.6. The maximum atomic E-state index is 13.2. The number of hydrogen-bond acceptors (Lipinski definition) is 3. The minimum atomic E-state index is -3.79. The van der Waals surface area contributed by atoms with Crippen molar-refractivity contribution in [1.29, 1.82) is 0 Å². The van der Waals surface area contributed by atoms with Crippen LogP contribution in [0.1, 0.15) is 11.1 Å². The maximum absolute atomic E-state index is 13.2. The molecule has 2 aromatic rings. The summed E-state index contributed by atoms with van der Waals surface area (Å²) in [5.41, 5.74) is 1.32. The Morgan fingerprint density at radius 2 is 1.71 bits per heavy atom. The number of halogens is 1. The third-order valence-electron chi connectivity index (χ3n) is 3.02. The van der Waals surface area contributed by atoms with Gasteiger partial charge in [0.1, 0.15) is 11.6 Å². The Kier molecular flexibility index (Phi) is 4.18. The molecule has 2 rings (SSSR count). The lowest BCUT2D eigenvalue weighted by Crippen LogP contribution is -2.16. The molecule has 0 bridgehead atoms. The van der Waals surface area contributed by atoms with Gasteiger partial charge in [-0.05, 0) is 55.3 Å². The molecule has 0 atom stereocenters. The number of rotatable bonds is 4. The largest absolute Gasteiger partial charge is 0.497 e. The fourth-order valence-electron chi connectivity index (χ4n) is 2.21. The summed E-state index contributed by atoms with van der Waals surface area (Å²) in [5, 5.41) is 0. The van der Waals surface area contributed by atoms with Crippen LogP contribution in [-0.4, -0.2) is 15.5 Å². The van der Waals surface area contributed by atoms with Crippen LogP contribution < -0.4 is 9.46 Å². The molecule has 0 aliphatic heterocycles. The van der Waals surface area contributed by atoms with Crippen LogP contribution in [0.2, 0.25) is 0 Å². The van der Waals surface area contributed by atoms with Crippen molar-refractivity contribution in [2.24, 2.45) is 0 Å². The van der Waals surface area contributed by atoms with Gasteiger partial charge in [-0.2, -0.15) is 0 Å². The zero-order chi connectivity index (χ0) is 15.6. The number of benzene rings is 2. The summed E-state index contributed by atoms with van der Waals surface area (Å²) in [6.07, 6.45) is 0. The summed E-state index contributed by atoms with van der Waals surface area (Å²) in [6.45, 7) is 3.38. The van der Waals surface area contributed by atoms with Crippen molar-refractivity contribution in [2.45, 2.75) is 18.7 Å². The van der Waals surface area contributed by atoms with Crippen LogP contribution in [-0.2, 0) is 10.0 Å². The number of methoxy groups -OCH3 is 1. The van der Waals surface area contributed by atoms with Gasteiger partial charge in [-0.15, -0.1) is 0 Å². The Bertz CT molecular complexity index is 749. The van der Waals surface area contributed by atoms with E-state index in [1.165, 1.54) is 25.3 Å². The summed E-state index contributed by atoms with van der Waals surface area (Å²) in [4.78, 5) is 0.174. The van der Waals surface area contributed by atoms with Crippen molar-refractivity contribution in [3.8, 4) is 5.75 Å². The standard InChI is InChI=1S/C15H16FNO3S/c1-10-7-14(20-3)8-11(2)15(10)21(18,19)17-13-6-4-5-12(16)9-13/h4-9,17H,1-3H3. The average molecular weight is 309 g/mol. The Morgan fingerprint density at radius 1 is 1.10 bits per heavy atom. The summed E-state index contributed by atoms with van der Waals surface area (Å²) in [5.74, 6) is 0.0908. The van der Waals surface area contributed by atoms with Crippen LogP contribution in [0, 0.1) is 19.7 Å². The summed E-state index contributed by atoms with van der Waals surface area (Å²) >= 11 is 0. The molecular formula is C15H16FNO3S. The van der Waals surface area contributed by atoms with Crippen molar-refractivity contribution in [1.82, 2.24) is 0 Å². The van der Waals surface area contributed by atoms with Crippen LogP contribution in [0.25, 0.3) is 0 Å². The highest BCUT2D eigenvalue weighted by atomic mass is 32.2. The molecule has 0 aliphatic rings. The van der Waals surface area contributed by atoms with Gasteiger partial charge in [0.15, 0.2) is 0 Å². The normalized spacial score (nSPS) is 11.2. The second-order valence-electron chi connectivity index (χ2n) is 4.71. The van der Waals surface area contributed by atoms with Gasteiger partial charge in [0, 0.05) is 0 Å². The van der Waals surface area contributed by atoms with E-state index in [9.17, 15) is 12.8 Å². The zero-order valence-corrected chi connectivity index (χ0v) is 12.8. The van der Waals surface area contributed by atoms with E-state index >= 15 is 0 Å². The van der Waals surface area contributed by atoms with Gasteiger partial charge in [0.25, 0.3) is 10.0 Å². The molecule has 0 fully saturated rings. The highest BCUT2D eigenvalue weighted by Gasteiger charge is 2.20. The van der Waals surface area contributed by atoms with Crippen molar-refractivity contribution >= 4 is 15.7 Å². The maximum Gasteiger partial charge on any atom is 0.262 e. The van der Waals surface area contributed by atoms with Gasteiger partial charge in [0.05, 0.1) is 17.7 Å². The molecule has 0 saturated carbocycles. The fraction of sp³-hybridized carbons (Fsp3) is 0.200. The van der Waals surface area contributed by atoms with E-state index < -0.39 is 15.8 Å². The van der Waals surface area contributed by atoms with E-state index in [1.54, 1.807) is 26.0 Å². The van der Waals surface area contributed by atoms with E-state index in [4.69, 9.17) is 4.74 Å². The monoisotopic (exact) mass is 309 g/mol. The highest BCUT2D eigenvalue weighted by molar-refractivity contribution is 7.92. The molecule has 0 heterocycles. The molecule has 112 valence electrons. The van der Waals surface area contributed by atoms with Crippen LogP contribution in [0.3, 0.4) is 0 Å². The molecule has 2 aromatic carbocycles. The molecule has 4 nitrogen and oxygen atoms in total. The Balaban J connectivity index is 2.45. The number of ether oxygens (including phenoxy) is 1. The lowest BCUT2D eigenvalue weighted by Gasteiger charge is -2.14. The summed E-state index contributed by atoms with van der Waals surface area (Å²) in [6, 6.07) is 8.61. The molecule has 0 aliphatic carbocycles. The molecule has 0 unspecified atom stereocenters. The van der Waals surface area contributed by atoms with Crippen LogP contribution in [0.5, 0.6) is 5.75 Å². The lowest BCUT2D eigenvalue weighted by atomic mass is 10.1. The number of anilines is 1. The van der Waals surface area contributed by atoms with Gasteiger partial charge in [-0.25, -0.2) is 12.8 Å². The quantitative estimate of drug-likeness (QED) is 0.943. The molecule has 0 radical (unpaired) electrons. The average Bonchev–Trinajstić information content (AvgIpc) is 2.36. The first-order chi connectivity index (χ1) is 9.83. The highest BCUT2D eigenvalue weighted by Crippen LogP contribution is 2.27. The number of aryl methyl sites for hydroxylation is 2. The molecule has 21 heavy (non-hydrogen) atoms. The predicted molar refractivity (Wildman–Crippen MR) is 79.7 cm³/mol. The first kappa shape index (κ1) is 15.3. The number of hydrogen-bond donors (Lipinski definition) is 1. The SMILES string of the molecule is COc1cc(C)c(S(=O)(=O)Nc2cccc(F)c2)c(C)c1. The van der Waals surface area contributed by atoms with Crippen LogP contribution >= 0.6 is 0 Å². The zero-order valence-electron chi connectivity index (χ0n) is 12.0. The van der Waals surface area contributed by atoms with Gasteiger partial charge in [-0.3, -0.25) is 4.72 Å². The smallest absolute Gasteiger partial charge is 0.262 e. The van der Waals surface area contributed by atoms with Gasteiger partial charge in [-0.1, -0.05) is 6.07 Å². The molecule has 6 heteroatoms. The molecule has 0 aromatic heterocycles. The third kappa shape index (κ3) is 3.33. The van der Waals surface area contributed by atoms with E-state index in [-0.39, 0.29) is 10.6 Å². The van der Waals surface area contributed by atoms with Crippen molar-refractivity contribution in [3.05, 3.63) is 53.3 Å². The van der Waals surface area contributed by atoms with Crippen LogP contribution in [0.15, 0.2) is 41.3 Å². The van der Waals surface area contributed by atoms with Gasteiger partial charge < -0.3 is 4.74 Å². The minimum Gasteiger partial charge on any atom is -0.497 e. The van der Waals surface area contributed by atoms with Crippen molar-refractivity contribution in [3.63, 3.8) is 0 Å². The third-order valence-corrected chi connectivity index (χ3v) is 4.70. The first-order valence-corrected chi connectivity index (χ1v) is 7.75. The minimum absolute atomic E-state index is 0.174. The fourth-order valence-corrected chi connectivity index (χ4v) is 3.72. The van der Waals surface area contributed by atoms with Gasteiger partial charge in [0.2, 0.25) is 0 Å². The Labute approximate surface area is 123 Å². The summed E-state index contributed by atoms with van der Waals surface area (Å²) in [7, 11) is -2.27. The van der Waals surface area contributed by atoms with Gasteiger partial charge >= 0.3 is 0 Å². The van der Waals surface area contributed by atoms with E-state index in [0.29, 0.717) is 16.9 Å². The Hall–Kier alpha value is -2.08. The number of nitrogens with one attached hydrogen (secondary N) is 1. The number of sulfonamides is 1. The molecule has 0 amide bonds. The predicted octanol–water partition coefficient (Wildman–Crippen LogP) is 3.25. The Morgan fingerprint density at radius 3 is 2.24 bits per heavy atom. The molecule has 0 saturated heterocycles. The van der Waals surface area contributed by atoms with Crippen LogP contribution in [0.4, 0.5) is 10.1 Å². The topological polar surface area (TPSA) is 55.4 Å².